The average Bonchev–Trinajstić information content (AvgIpc) is 2.23. The van der Waals surface area contributed by atoms with E-state index in [-0.39, 0.29) is 0 Å². The fraction of sp³-hybridized carbons (Fsp3) is 0.143. The lowest BCUT2D eigenvalue weighted by Gasteiger charge is -2.08. The molecule has 0 saturated carbocycles. The molecular formula is C14H14. The average molecular weight is 183 g/mol. The van der Waals surface area contributed by atoms with Gasteiger partial charge < -0.3 is 0 Å². The molecule has 2 aromatic carbocycles. The first kappa shape index (κ1) is 7.81. The molecule has 0 N–H and O–H groups in total. The lowest BCUT2D eigenvalue weighted by molar-refractivity contribution is 1.41. The highest BCUT2D eigenvalue weighted by molar-refractivity contribution is 5.70. The first-order valence-electron chi connectivity index (χ1n) is 5.32. The number of aryl methyl sites for hydroxylation is 1. The van der Waals surface area contributed by atoms with E-state index < -0.39 is 0 Å². The zero-order valence-electron chi connectivity index (χ0n) is 9.54. The van der Waals surface area contributed by atoms with E-state index in [2.05, 4.69) is 25.1 Å². The van der Waals surface area contributed by atoms with Crippen LogP contribution >= 0.6 is 0 Å². The SMILES string of the molecule is [2H]c1cccc(-c2ccccc2C)c1C. The van der Waals surface area contributed by atoms with E-state index in [4.69, 9.17) is 1.37 Å². The van der Waals surface area contributed by atoms with Gasteiger partial charge in [-0.05, 0) is 36.1 Å². The van der Waals surface area contributed by atoms with E-state index in [0.717, 1.165) is 5.56 Å². The van der Waals surface area contributed by atoms with Crippen molar-refractivity contribution >= 4 is 0 Å². The molecule has 0 unspecified atom stereocenters. The van der Waals surface area contributed by atoms with E-state index in [1.165, 1.54) is 16.7 Å². The molecular weight excluding hydrogens is 168 g/mol. The third kappa shape index (κ3) is 1.56. The molecule has 14 heavy (non-hydrogen) atoms. The number of benzene rings is 2. The highest BCUT2D eigenvalue weighted by atomic mass is 14.1. The molecule has 0 nitrogen and oxygen atoms in total. The van der Waals surface area contributed by atoms with Crippen LogP contribution in [-0.2, 0) is 0 Å². The van der Waals surface area contributed by atoms with Gasteiger partial charge in [-0.1, -0.05) is 48.5 Å². The first-order valence-corrected chi connectivity index (χ1v) is 4.82. The zero-order chi connectivity index (χ0) is 10.8. The lowest BCUT2D eigenvalue weighted by Crippen LogP contribution is -1.85. The van der Waals surface area contributed by atoms with Crippen LogP contribution in [0.2, 0.25) is 0 Å². The van der Waals surface area contributed by atoms with Gasteiger partial charge in [-0.3, -0.25) is 0 Å². The second-order valence-corrected chi connectivity index (χ2v) is 3.52. The van der Waals surface area contributed by atoms with Gasteiger partial charge in [0.25, 0.3) is 0 Å². The second-order valence-electron chi connectivity index (χ2n) is 3.52. The van der Waals surface area contributed by atoms with Crippen LogP contribution in [0, 0.1) is 13.8 Å². The third-order valence-corrected chi connectivity index (χ3v) is 2.50. The Morgan fingerprint density at radius 1 is 0.786 bits per heavy atom. The van der Waals surface area contributed by atoms with Crippen LogP contribution in [0.4, 0.5) is 0 Å². The summed E-state index contributed by atoms with van der Waals surface area (Å²) in [6.45, 7) is 4.11. The highest BCUT2D eigenvalue weighted by Gasteiger charge is 2.02. The van der Waals surface area contributed by atoms with Crippen LogP contribution in [0.15, 0.2) is 48.5 Å². The van der Waals surface area contributed by atoms with Crippen LogP contribution in [-0.4, -0.2) is 0 Å². The Kier molecular flexibility index (Phi) is 2.05. The minimum atomic E-state index is 0.607. The van der Waals surface area contributed by atoms with Crippen molar-refractivity contribution in [2.24, 2.45) is 0 Å². The van der Waals surface area contributed by atoms with Crippen molar-refractivity contribution < 1.29 is 1.37 Å². The van der Waals surface area contributed by atoms with Crippen LogP contribution in [0.25, 0.3) is 11.1 Å². The predicted molar refractivity (Wildman–Crippen MR) is 61.4 cm³/mol. The summed E-state index contributed by atoms with van der Waals surface area (Å²) in [5.41, 5.74) is 4.70. The topological polar surface area (TPSA) is 0 Å². The minimum Gasteiger partial charge on any atom is -0.0620 e. The van der Waals surface area contributed by atoms with Gasteiger partial charge in [0.1, 0.15) is 0 Å². The summed E-state index contributed by atoms with van der Waals surface area (Å²) in [5.74, 6) is 0. The Morgan fingerprint density at radius 2 is 1.36 bits per heavy atom. The fourth-order valence-electron chi connectivity index (χ4n) is 1.69. The van der Waals surface area contributed by atoms with E-state index in [9.17, 15) is 0 Å². The molecule has 0 bridgehead atoms. The molecule has 0 atom stereocenters. The van der Waals surface area contributed by atoms with Gasteiger partial charge in [0.15, 0.2) is 0 Å². The second kappa shape index (κ2) is 3.67. The van der Waals surface area contributed by atoms with Crippen LogP contribution < -0.4 is 0 Å². The zero-order valence-corrected chi connectivity index (χ0v) is 8.54. The van der Waals surface area contributed by atoms with Crippen LogP contribution in [0.3, 0.4) is 0 Å². The standard InChI is InChI=1S/C14H14/c1-11-7-3-5-9-13(11)14-10-6-4-8-12(14)2/h3-10H,1-2H3/i7D. The quantitative estimate of drug-likeness (QED) is 0.627. The summed E-state index contributed by atoms with van der Waals surface area (Å²) in [6.07, 6.45) is 0. The molecule has 0 aliphatic carbocycles. The van der Waals surface area contributed by atoms with Crippen molar-refractivity contribution in [1.82, 2.24) is 0 Å². The molecule has 0 aromatic heterocycles. The van der Waals surface area contributed by atoms with Gasteiger partial charge >= 0.3 is 0 Å². The minimum absolute atomic E-state index is 0.607. The van der Waals surface area contributed by atoms with Crippen molar-refractivity contribution in [3.8, 4) is 11.1 Å². The van der Waals surface area contributed by atoms with E-state index >= 15 is 0 Å². The lowest BCUT2D eigenvalue weighted by atomic mass is 9.97. The summed E-state index contributed by atoms with van der Waals surface area (Å²) in [6, 6.07) is 14.7. The maximum atomic E-state index is 7.78. The molecule has 0 aliphatic rings. The molecule has 2 rings (SSSR count). The Hall–Kier alpha value is -1.56. The Balaban J connectivity index is 2.65. The Bertz CT molecular complexity index is 486. The molecule has 0 fully saturated rings. The van der Waals surface area contributed by atoms with E-state index in [1.807, 2.05) is 31.2 Å². The maximum absolute atomic E-state index is 7.78. The van der Waals surface area contributed by atoms with Gasteiger partial charge in [0.05, 0.1) is 1.37 Å². The van der Waals surface area contributed by atoms with Gasteiger partial charge in [-0.25, -0.2) is 0 Å². The molecule has 2 aromatic rings. The van der Waals surface area contributed by atoms with Gasteiger partial charge in [0.2, 0.25) is 0 Å². The van der Waals surface area contributed by atoms with Crippen molar-refractivity contribution in [1.29, 1.82) is 0 Å². The predicted octanol–water partition coefficient (Wildman–Crippen LogP) is 3.97. The molecule has 70 valence electrons. The third-order valence-electron chi connectivity index (χ3n) is 2.50. The molecule has 0 saturated heterocycles. The maximum Gasteiger partial charge on any atom is 0.0626 e. The summed E-state index contributed by atoms with van der Waals surface area (Å²) in [4.78, 5) is 0. The van der Waals surface area contributed by atoms with Crippen molar-refractivity contribution in [3.63, 3.8) is 0 Å². The molecule has 0 heteroatoms. The van der Waals surface area contributed by atoms with Gasteiger partial charge in [-0.2, -0.15) is 0 Å². The summed E-state index contributed by atoms with van der Waals surface area (Å²) in [5, 5.41) is 0. The van der Waals surface area contributed by atoms with Gasteiger partial charge in [0, 0.05) is 0 Å². The first-order chi connectivity index (χ1) is 7.20. The monoisotopic (exact) mass is 183 g/mol. The van der Waals surface area contributed by atoms with E-state index in [0.29, 0.717) is 6.04 Å². The molecule has 0 radical (unpaired) electrons. The van der Waals surface area contributed by atoms with Crippen LogP contribution in [0.1, 0.15) is 12.5 Å². The number of hydrogen-bond acceptors (Lipinski definition) is 0. The van der Waals surface area contributed by atoms with E-state index in [1.54, 1.807) is 0 Å². The Labute approximate surface area is 86.6 Å². The summed E-state index contributed by atoms with van der Waals surface area (Å²) >= 11 is 0. The molecule has 0 aliphatic heterocycles. The summed E-state index contributed by atoms with van der Waals surface area (Å²) < 4.78 is 7.78. The van der Waals surface area contributed by atoms with Crippen molar-refractivity contribution in [2.45, 2.75) is 13.8 Å². The smallest absolute Gasteiger partial charge is 0.0620 e. The van der Waals surface area contributed by atoms with Crippen molar-refractivity contribution in [3.05, 3.63) is 59.6 Å². The Morgan fingerprint density at radius 3 is 2.14 bits per heavy atom. The molecule has 0 amide bonds. The molecule has 0 heterocycles. The largest absolute Gasteiger partial charge is 0.0626 e. The highest BCUT2D eigenvalue weighted by Crippen LogP contribution is 2.25. The van der Waals surface area contributed by atoms with Crippen LogP contribution in [0.5, 0.6) is 0 Å². The van der Waals surface area contributed by atoms with Gasteiger partial charge in [-0.15, -0.1) is 0 Å². The molecule has 0 spiro atoms. The van der Waals surface area contributed by atoms with Crippen molar-refractivity contribution in [2.75, 3.05) is 0 Å². The summed E-state index contributed by atoms with van der Waals surface area (Å²) in [7, 11) is 0. The normalized spacial score (nSPS) is 11.1. The number of hydrogen-bond donors (Lipinski definition) is 0. The number of rotatable bonds is 1. The fourth-order valence-corrected chi connectivity index (χ4v) is 1.69.